The Morgan fingerprint density at radius 2 is 2.05 bits per heavy atom. The predicted molar refractivity (Wildman–Crippen MR) is 78.8 cm³/mol. The average Bonchev–Trinajstić information content (AvgIpc) is 2.33. The zero-order valence-corrected chi connectivity index (χ0v) is 12.8. The molecule has 1 amide bonds. The smallest absolute Gasteiger partial charge is 0.264 e. The third-order valence-corrected chi connectivity index (χ3v) is 3.05. The summed E-state index contributed by atoms with van der Waals surface area (Å²) >= 11 is 0. The Kier molecular flexibility index (Phi) is 5.05. The van der Waals surface area contributed by atoms with Crippen LogP contribution in [0.5, 0.6) is 0 Å². The van der Waals surface area contributed by atoms with E-state index in [2.05, 4.69) is 15.3 Å². The molecule has 4 N–H and O–H groups in total. The maximum atomic E-state index is 12.1. The van der Waals surface area contributed by atoms with Crippen LogP contribution >= 0.6 is 0 Å². The molecule has 112 valence electrons. The second-order valence-electron chi connectivity index (χ2n) is 6.18. The topological polar surface area (TPSA) is 101 Å². The maximum absolute atomic E-state index is 12.1. The van der Waals surface area contributed by atoms with Gasteiger partial charge >= 0.3 is 0 Å². The van der Waals surface area contributed by atoms with Crippen molar-refractivity contribution in [2.24, 2.45) is 11.7 Å². The molecule has 0 aliphatic rings. The van der Waals surface area contributed by atoms with Gasteiger partial charge < -0.3 is 16.0 Å². The van der Waals surface area contributed by atoms with Crippen LogP contribution in [0.2, 0.25) is 0 Å². The summed E-state index contributed by atoms with van der Waals surface area (Å²) in [6.07, 6.45) is 0. The van der Waals surface area contributed by atoms with E-state index in [-0.39, 0.29) is 16.9 Å². The molecule has 6 nitrogen and oxygen atoms in total. The van der Waals surface area contributed by atoms with Gasteiger partial charge in [0.1, 0.15) is 11.4 Å². The van der Waals surface area contributed by atoms with Crippen molar-refractivity contribution < 1.29 is 4.79 Å². The SMILES string of the molecule is Cc1nc(C(C)(C)C)[nH]c(=O)c1C(=O)NCC(C)CN. The molecule has 6 heteroatoms. The first kappa shape index (κ1) is 16.4. The van der Waals surface area contributed by atoms with Crippen molar-refractivity contribution in [3.63, 3.8) is 0 Å². The van der Waals surface area contributed by atoms with Gasteiger partial charge in [0.05, 0.1) is 5.69 Å². The number of nitrogens with one attached hydrogen (secondary N) is 2. The van der Waals surface area contributed by atoms with Crippen LogP contribution in [0.1, 0.15) is 49.6 Å². The number of aromatic amines is 1. The molecule has 20 heavy (non-hydrogen) atoms. The van der Waals surface area contributed by atoms with E-state index in [0.29, 0.717) is 24.6 Å². The lowest BCUT2D eigenvalue weighted by Crippen LogP contribution is -2.36. The molecule has 0 aliphatic carbocycles. The molecule has 0 aromatic carbocycles. The molecule has 0 radical (unpaired) electrons. The Morgan fingerprint density at radius 1 is 1.45 bits per heavy atom. The van der Waals surface area contributed by atoms with Gasteiger partial charge in [-0.05, 0) is 19.4 Å². The second kappa shape index (κ2) is 6.17. The van der Waals surface area contributed by atoms with Gasteiger partial charge in [0, 0.05) is 12.0 Å². The van der Waals surface area contributed by atoms with E-state index in [1.807, 2.05) is 27.7 Å². The molecule has 1 unspecified atom stereocenters. The van der Waals surface area contributed by atoms with Gasteiger partial charge in [0.15, 0.2) is 0 Å². The van der Waals surface area contributed by atoms with E-state index in [1.165, 1.54) is 0 Å². The van der Waals surface area contributed by atoms with Crippen molar-refractivity contribution in [3.05, 3.63) is 27.4 Å². The van der Waals surface area contributed by atoms with Crippen LogP contribution in [0.3, 0.4) is 0 Å². The van der Waals surface area contributed by atoms with Crippen LogP contribution in [0.4, 0.5) is 0 Å². The summed E-state index contributed by atoms with van der Waals surface area (Å²) in [5.74, 6) is 0.337. The first-order chi connectivity index (χ1) is 9.16. The number of rotatable bonds is 4. The zero-order valence-electron chi connectivity index (χ0n) is 12.8. The van der Waals surface area contributed by atoms with Crippen molar-refractivity contribution in [3.8, 4) is 0 Å². The number of aryl methyl sites for hydroxylation is 1. The highest BCUT2D eigenvalue weighted by molar-refractivity contribution is 5.94. The van der Waals surface area contributed by atoms with Gasteiger partial charge in [-0.15, -0.1) is 0 Å². The molecule has 0 saturated carbocycles. The minimum Gasteiger partial charge on any atom is -0.351 e. The van der Waals surface area contributed by atoms with Crippen LogP contribution < -0.4 is 16.6 Å². The van der Waals surface area contributed by atoms with Crippen LogP contribution in [-0.2, 0) is 5.41 Å². The minimum atomic E-state index is -0.406. The van der Waals surface area contributed by atoms with Crippen LogP contribution in [-0.4, -0.2) is 29.0 Å². The Morgan fingerprint density at radius 3 is 2.50 bits per heavy atom. The first-order valence-corrected chi connectivity index (χ1v) is 6.76. The van der Waals surface area contributed by atoms with Gasteiger partial charge in [0.25, 0.3) is 11.5 Å². The van der Waals surface area contributed by atoms with Gasteiger partial charge in [-0.25, -0.2) is 4.98 Å². The molecule has 0 bridgehead atoms. The number of nitrogens with zero attached hydrogens (tertiary/aromatic N) is 1. The quantitative estimate of drug-likeness (QED) is 0.755. The highest BCUT2D eigenvalue weighted by atomic mass is 16.2. The Bertz CT molecular complexity index is 543. The van der Waals surface area contributed by atoms with Crippen LogP contribution in [0.15, 0.2) is 4.79 Å². The highest BCUT2D eigenvalue weighted by Gasteiger charge is 2.22. The third-order valence-electron chi connectivity index (χ3n) is 3.05. The van der Waals surface area contributed by atoms with Crippen molar-refractivity contribution in [2.45, 2.75) is 40.0 Å². The van der Waals surface area contributed by atoms with Crippen molar-refractivity contribution in [1.82, 2.24) is 15.3 Å². The average molecular weight is 280 g/mol. The summed E-state index contributed by atoms with van der Waals surface area (Å²) in [6, 6.07) is 0. The normalized spacial score (nSPS) is 13.1. The standard InChI is InChI=1S/C14H24N4O2/c1-8(6-15)7-16-11(19)10-9(2)17-13(14(3,4)5)18-12(10)20/h8H,6-7,15H2,1-5H3,(H,16,19)(H,17,18,20). The van der Waals surface area contributed by atoms with E-state index in [1.54, 1.807) is 6.92 Å². The molecule has 0 fully saturated rings. The monoisotopic (exact) mass is 280 g/mol. The van der Waals surface area contributed by atoms with Gasteiger partial charge in [-0.3, -0.25) is 9.59 Å². The van der Waals surface area contributed by atoms with Gasteiger partial charge in [0.2, 0.25) is 0 Å². The number of hydrogen-bond acceptors (Lipinski definition) is 4. The Balaban J connectivity index is 3.03. The number of hydrogen-bond donors (Lipinski definition) is 3. The fraction of sp³-hybridized carbons (Fsp3) is 0.643. The number of nitrogens with two attached hydrogens (primary N) is 1. The molecule has 0 saturated heterocycles. The predicted octanol–water partition coefficient (Wildman–Crippen LogP) is 0.700. The molecular formula is C14H24N4O2. The molecule has 1 atom stereocenters. The van der Waals surface area contributed by atoms with Crippen LogP contribution in [0.25, 0.3) is 0 Å². The van der Waals surface area contributed by atoms with Crippen molar-refractivity contribution >= 4 is 5.91 Å². The van der Waals surface area contributed by atoms with Crippen LogP contribution in [0, 0.1) is 12.8 Å². The molecular weight excluding hydrogens is 256 g/mol. The largest absolute Gasteiger partial charge is 0.351 e. The lowest BCUT2D eigenvalue weighted by molar-refractivity contribution is 0.0945. The van der Waals surface area contributed by atoms with Crippen molar-refractivity contribution in [1.29, 1.82) is 0 Å². The third kappa shape index (κ3) is 3.90. The minimum absolute atomic E-state index is 0.0715. The summed E-state index contributed by atoms with van der Waals surface area (Å²) < 4.78 is 0. The maximum Gasteiger partial charge on any atom is 0.264 e. The second-order valence-corrected chi connectivity index (χ2v) is 6.18. The summed E-state index contributed by atoms with van der Waals surface area (Å²) in [6.45, 7) is 10.4. The molecule has 1 aromatic rings. The summed E-state index contributed by atoms with van der Waals surface area (Å²) in [5.41, 5.74) is 5.33. The fourth-order valence-electron chi connectivity index (χ4n) is 1.65. The number of carbonyl (C=O) groups excluding carboxylic acids is 1. The van der Waals surface area contributed by atoms with E-state index in [4.69, 9.17) is 5.73 Å². The lowest BCUT2D eigenvalue weighted by atomic mass is 9.95. The number of carbonyl (C=O) groups is 1. The van der Waals surface area contributed by atoms with E-state index >= 15 is 0 Å². The highest BCUT2D eigenvalue weighted by Crippen LogP contribution is 2.17. The summed E-state index contributed by atoms with van der Waals surface area (Å²) in [7, 11) is 0. The summed E-state index contributed by atoms with van der Waals surface area (Å²) in [5, 5.41) is 2.71. The van der Waals surface area contributed by atoms with Gasteiger partial charge in [-0.2, -0.15) is 0 Å². The van der Waals surface area contributed by atoms with E-state index in [9.17, 15) is 9.59 Å². The zero-order chi connectivity index (χ0) is 15.5. The Hall–Kier alpha value is -1.69. The number of amides is 1. The molecule has 1 rings (SSSR count). The van der Waals surface area contributed by atoms with Gasteiger partial charge in [-0.1, -0.05) is 27.7 Å². The molecule has 1 heterocycles. The Labute approximate surface area is 119 Å². The molecule has 0 aliphatic heterocycles. The van der Waals surface area contributed by atoms with Crippen molar-refractivity contribution in [2.75, 3.05) is 13.1 Å². The fourth-order valence-corrected chi connectivity index (χ4v) is 1.65. The van der Waals surface area contributed by atoms with E-state index in [0.717, 1.165) is 0 Å². The number of H-pyrrole nitrogens is 1. The molecule has 0 spiro atoms. The van der Waals surface area contributed by atoms with E-state index < -0.39 is 11.5 Å². The summed E-state index contributed by atoms with van der Waals surface area (Å²) in [4.78, 5) is 31.2. The number of aromatic nitrogens is 2. The molecule has 1 aromatic heterocycles. The lowest BCUT2D eigenvalue weighted by Gasteiger charge is -2.18. The first-order valence-electron chi connectivity index (χ1n) is 6.76.